The number of halogens is 1. The molecule has 0 radical (unpaired) electrons. The normalized spacial score (nSPS) is 10.8. The highest BCUT2D eigenvalue weighted by atomic mass is 79.9. The van der Waals surface area contributed by atoms with Crippen molar-refractivity contribution in [2.45, 2.75) is 6.54 Å². The highest BCUT2D eigenvalue weighted by Gasteiger charge is 2.10. The molecule has 3 aromatic rings. The van der Waals surface area contributed by atoms with Crippen LogP contribution >= 0.6 is 15.9 Å². The number of rotatable bonds is 3. The maximum Gasteiger partial charge on any atom is 0.0956 e. The van der Waals surface area contributed by atoms with E-state index in [2.05, 4.69) is 57.1 Å². The molecule has 0 amide bonds. The van der Waals surface area contributed by atoms with E-state index in [9.17, 15) is 0 Å². The van der Waals surface area contributed by atoms with Crippen molar-refractivity contribution >= 4 is 38.2 Å². The van der Waals surface area contributed by atoms with Crippen LogP contribution in [0.15, 0.2) is 59.2 Å². The molecule has 106 valence electrons. The molecule has 0 saturated carbocycles. The van der Waals surface area contributed by atoms with Crippen LogP contribution in [0.2, 0.25) is 0 Å². The van der Waals surface area contributed by atoms with E-state index in [1.165, 1.54) is 5.56 Å². The third-order valence-corrected chi connectivity index (χ3v) is 3.94. The fourth-order valence-corrected chi connectivity index (χ4v) is 2.78. The molecule has 0 unspecified atom stereocenters. The molecule has 1 aromatic heterocycles. The van der Waals surface area contributed by atoms with Crippen LogP contribution in [0.25, 0.3) is 10.9 Å². The standard InChI is InChI=1S/C17H16BrN3/c1-21(11-12-5-3-2-4-6-12)16-8-7-15(19)14-9-13(18)10-20-17(14)16/h2-10H,11,19H2,1H3. The van der Waals surface area contributed by atoms with Crippen molar-refractivity contribution in [3.8, 4) is 0 Å². The molecule has 0 aliphatic carbocycles. The second-order valence-electron chi connectivity index (χ2n) is 5.07. The highest BCUT2D eigenvalue weighted by Crippen LogP contribution is 2.31. The average molecular weight is 342 g/mol. The van der Waals surface area contributed by atoms with Crippen molar-refractivity contribution in [1.82, 2.24) is 4.98 Å². The predicted octanol–water partition coefficient (Wildman–Crippen LogP) is 4.22. The molecule has 0 aliphatic heterocycles. The summed E-state index contributed by atoms with van der Waals surface area (Å²) in [5.41, 5.74) is 10.1. The van der Waals surface area contributed by atoms with E-state index >= 15 is 0 Å². The predicted molar refractivity (Wildman–Crippen MR) is 92.4 cm³/mol. The second-order valence-corrected chi connectivity index (χ2v) is 5.98. The van der Waals surface area contributed by atoms with E-state index in [1.807, 2.05) is 30.5 Å². The molecule has 0 atom stereocenters. The Morgan fingerprint density at radius 3 is 2.67 bits per heavy atom. The van der Waals surface area contributed by atoms with E-state index < -0.39 is 0 Å². The number of aromatic nitrogens is 1. The summed E-state index contributed by atoms with van der Waals surface area (Å²) in [6, 6.07) is 16.4. The molecule has 2 aromatic carbocycles. The largest absolute Gasteiger partial charge is 0.398 e. The van der Waals surface area contributed by atoms with Gasteiger partial charge in [-0.25, -0.2) is 0 Å². The fourth-order valence-electron chi connectivity index (χ4n) is 2.45. The Morgan fingerprint density at radius 2 is 1.90 bits per heavy atom. The van der Waals surface area contributed by atoms with Crippen LogP contribution < -0.4 is 10.6 Å². The van der Waals surface area contributed by atoms with Crippen LogP contribution in [0.1, 0.15) is 5.56 Å². The second kappa shape index (κ2) is 5.74. The summed E-state index contributed by atoms with van der Waals surface area (Å²) < 4.78 is 0.935. The minimum absolute atomic E-state index is 0.746. The summed E-state index contributed by atoms with van der Waals surface area (Å²) in [6.07, 6.45) is 1.81. The van der Waals surface area contributed by atoms with Crippen LogP contribution in [-0.4, -0.2) is 12.0 Å². The molecular formula is C17H16BrN3. The van der Waals surface area contributed by atoms with Crippen molar-refractivity contribution in [2.75, 3.05) is 17.7 Å². The minimum atomic E-state index is 0.746. The number of anilines is 2. The number of benzene rings is 2. The van der Waals surface area contributed by atoms with Gasteiger partial charge in [0, 0.05) is 35.3 Å². The summed E-state index contributed by atoms with van der Waals surface area (Å²) in [5.74, 6) is 0. The number of hydrogen-bond donors (Lipinski definition) is 1. The van der Waals surface area contributed by atoms with E-state index in [1.54, 1.807) is 0 Å². The Bertz CT molecular complexity index is 772. The molecule has 0 fully saturated rings. The fraction of sp³-hybridized carbons (Fsp3) is 0.118. The van der Waals surface area contributed by atoms with Gasteiger partial charge >= 0.3 is 0 Å². The molecule has 21 heavy (non-hydrogen) atoms. The first-order valence-electron chi connectivity index (χ1n) is 6.74. The highest BCUT2D eigenvalue weighted by molar-refractivity contribution is 9.10. The number of hydrogen-bond acceptors (Lipinski definition) is 3. The summed E-state index contributed by atoms with van der Waals surface area (Å²) in [7, 11) is 2.07. The molecule has 0 spiro atoms. The van der Waals surface area contributed by atoms with Crippen LogP contribution in [0.4, 0.5) is 11.4 Å². The molecule has 3 nitrogen and oxygen atoms in total. The summed E-state index contributed by atoms with van der Waals surface area (Å²) in [6.45, 7) is 0.831. The Kier molecular flexibility index (Phi) is 3.80. The zero-order chi connectivity index (χ0) is 14.8. The van der Waals surface area contributed by atoms with Crippen LogP contribution in [0.5, 0.6) is 0 Å². The first-order valence-corrected chi connectivity index (χ1v) is 7.53. The average Bonchev–Trinajstić information content (AvgIpc) is 2.49. The Morgan fingerprint density at radius 1 is 1.14 bits per heavy atom. The maximum atomic E-state index is 6.07. The molecule has 0 aliphatic rings. The molecule has 0 bridgehead atoms. The van der Waals surface area contributed by atoms with E-state index in [4.69, 9.17) is 5.73 Å². The minimum Gasteiger partial charge on any atom is -0.398 e. The smallest absolute Gasteiger partial charge is 0.0956 e. The lowest BCUT2D eigenvalue weighted by molar-refractivity contribution is 0.926. The lowest BCUT2D eigenvalue weighted by Crippen LogP contribution is -2.17. The van der Waals surface area contributed by atoms with Crippen LogP contribution in [0.3, 0.4) is 0 Å². The summed E-state index contributed by atoms with van der Waals surface area (Å²) in [4.78, 5) is 6.73. The van der Waals surface area contributed by atoms with E-state index in [0.29, 0.717) is 0 Å². The number of fused-ring (bicyclic) bond motifs is 1. The number of nitrogens with zero attached hydrogens (tertiary/aromatic N) is 2. The molecule has 2 N–H and O–H groups in total. The third kappa shape index (κ3) is 2.85. The monoisotopic (exact) mass is 341 g/mol. The van der Waals surface area contributed by atoms with Crippen molar-refractivity contribution < 1.29 is 0 Å². The first kappa shape index (κ1) is 13.9. The Hall–Kier alpha value is -2.07. The zero-order valence-electron chi connectivity index (χ0n) is 11.8. The SMILES string of the molecule is CN(Cc1ccccc1)c1ccc(N)c2cc(Br)cnc12. The number of pyridine rings is 1. The number of nitrogen functional groups attached to an aromatic ring is 1. The van der Waals surface area contributed by atoms with Gasteiger partial charge in [0.1, 0.15) is 0 Å². The molecular weight excluding hydrogens is 326 g/mol. The van der Waals surface area contributed by atoms with Gasteiger partial charge in [-0.3, -0.25) is 4.98 Å². The van der Waals surface area contributed by atoms with Gasteiger partial charge in [0.2, 0.25) is 0 Å². The van der Waals surface area contributed by atoms with Gasteiger partial charge in [0.25, 0.3) is 0 Å². The van der Waals surface area contributed by atoms with Crippen molar-refractivity contribution in [3.05, 3.63) is 64.8 Å². The van der Waals surface area contributed by atoms with E-state index in [0.717, 1.165) is 33.3 Å². The molecule has 4 heteroatoms. The van der Waals surface area contributed by atoms with E-state index in [-0.39, 0.29) is 0 Å². The number of nitrogens with two attached hydrogens (primary N) is 1. The van der Waals surface area contributed by atoms with Crippen molar-refractivity contribution in [3.63, 3.8) is 0 Å². The van der Waals surface area contributed by atoms with Gasteiger partial charge in [0.15, 0.2) is 0 Å². The lowest BCUT2D eigenvalue weighted by Gasteiger charge is -2.21. The molecule has 1 heterocycles. The van der Waals surface area contributed by atoms with Crippen LogP contribution in [-0.2, 0) is 6.54 Å². The van der Waals surface area contributed by atoms with Crippen LogP contribution in [0, 0.1) is 0 Å². The van der Waals surface area contributed by atoms with Crippen molar-refractivity contribution in [2.24, 2.45) is 0 Å². The Balaban J connectivity index is 2.02. The zero-order valence-corrected chi connectivity index (χ0v) is 13.3. The summed E-state index contributed by atoms with van der Waals surface area (Å²) >= 11 is 3.45. The maximum absolute atomic E-state index is 6.07. The van der Waals surface area contributed by atoms with Gasteiger partial charge in [-0.2, -0.15) is 0 Å². The van der Waals surface area contributed by atoms with Gasteiger partial charge < -0.3 is 10.6 Å². The topological polar surface area (TPSA) is 42.1 Å². The first-order chi connectivity index (χ1) is 10.1. The summed E-state index contributed by atoms with van der Waals surface area (Å²) in [5, 5.41) is 0.974. The molecule has 0 saturated heterocycles. The van der Waals surface area contributed by atoms with Gasteiger partial charge in [-0.15, -0.1) is 0 Å². The third-order valence-electron chi connectivity index (χ3n) is 3.50. The lowest BCUT2D eigenvalue weighted by atomic mass is 10.1. The van der Waals surface area contributed by atoms with Gasteiger partial charge in [0.05, 0.1) is 11.2 Å². The van der Waals surface area contributed by atoms with Crippen molar-refractivity contribution in [1.29, 1.82) is 0 Å². The Labute approximate surface area is 132 Å². The quantitative estimate of drug-likeness (QED) is 0.725. The van der Waals surface area contributed by atoms with Gasteiger partial charge in [-0.05, 0) is 39.7 Å². The molecule has 3 rings (SSSR count). The van der Waals surface area contributed by atoms with Gasteiger partial charge in [-0.1, -0.05) is 30.3 Å².